The van der Waals surface area contributed by atoms with Crippen LogP contribution in [0.4, 0.5) is 0 Å². The minimum Gasteiger partial charge on any atom is -0.487 e. The molecule has 0 aliphatic heterocycles. The maximum absolute atomic E-state index is 12.2. The Balaban J connectivity index is 1.31. The van der Waals surface area contributed by atoms with Crippen molar-refractivity contribution in [2.24, 2.45) is 0 Å². The molecule has 0 radical (unpaired) electrons. The smallest absolute Gasteiger partial charge is 0.251 e. The molecule has 6 heteroatoms. The van der Waals surface area contributed by atoms with E-state index in [1.807, 2.05) is 59.4 Å². The predicted octanol–water partition coefficient (Wildman–Crippen LogP) is 4.26. The molecule has 3 aromatic heterocycles. The fourth-order valence-electron chi connectivity index (χ4n) is 2.99. The third-order valence-corrected chi connectivity index (χ3v) is 5.40. The first kappa shape index (κ1) is 18.3. The molecule has 0 saturated heterocycles. The van der Waals surface area contributed by atoms with E-state index in [1.165, 1.54) is 4.88 Å². The number of imidazole rings is 1. The quantitative estimate of drug-likeness (QED) is 0.512. The summed E-state index contributed by atoms with van der Waals surface area (Å²) < 4.78 is 7.82. The van der Waals surface area contributed by atoms with Crippen molar-refractivity contribution in [1.29, 1.82) is 0 Å². The van der Waals surface area contributed by atoms with E-state index in [2.05, 4.69) is 16.4 Å². The average molecular weight is 391 g/mol. The Kier molecular flexibility index (Phi) is 5.39. The average Bonchev–Trinajstić information content (AvgIpc) is 3.37. The highest BCUT2D eigenvalue weighted by Crippen LogP contribution is 2.16. The number of hydrogen-bond donors (Lipinski definition) is 1. The molecule has 3 heterocycles. The highest BCUT2D eigenvalue weighted by atomic mass is 32.1. The van der Waals surface area contributed by atoms with Gasteiger partial charge in [0.05, 0.1) is 5.69 Å². The summed E-state index contributed by atoms with van der Waals surface area (Å²) in [5.41, 5.74) is 3.56. The van der Waals surface area contributed by atoms with Gasteiger partial charge in [-0.05, 0) is 60.7 Å². The molecule has 142 valence electrons. The number of thiophene rings is 1. The fraction of sp³-hybridized carbons (Fsp3) is 0.182. The van der Waals surface area contributed by atoms with E-state index in [4.69, 9.17) is 4.74 Å². The molecule has 1 aromatic carbocycles. The van der Waals surface area contributed by atoms with Gasteiger partial charge in [0.15, 0.2) is 0 Å². The molecule has 4 aromatic rings. The van der Waals surface area contributed by atoms with E-state index in [0.717, 1.165) is 23.3 Å². The van der Waals surface area contributed by atoms with Crippen molar-refractivity contribution in [3.63, 3.8) is 0 Å². The number of amides is 1. The second kappa shape index (κ2) is 8.27. The van der Waals surface area contributed by atoms with Crippen LogP contribution in [0.15, 0.2) is 66.3 Å². The van der Waals surface area contributed by atoms with E-state index in [1.54, 1.807) is 23.5 Å². The third kappa shape index (κ3) is 4.23. The summed E-state index contributed by atoms with van der Waals surface area (Å²) in [6.45, 7) is 3.05. The van der Waals surface area contributed by atoms with Gasteiger partial charge in [0.2, 0.25) is 0 Å². The zero-order chi connectivity index (χ0) is 19.3. The first-order valence-electron chi connectivity index (χ1n) is 9.16. The summed E-state index contributed by atoms with van der Waals surface area (Å²) in [4.78, 5) is 18.1. The van der Waals surface area contributed by atoms with Crippen molar-refractivity contribution in [2.45, 2.75) is 20.0 Å². The number of aryl methyl sites for hydroxylation is 1. The second-order valence-electron chi connectivity index (χ2n) is 6.55. The Morgan fingerprint density at radius 2 is 2.04 bits per heavy atom. The first-order chi connectivity index (χ1) is 13.7. The van der Waals surface area contributed by atoms with Gasteiger partial charge >= 0.3 is 0 Å². The number of carbonyl (C=O) groups excluding carboxylic acids is 1. The summed E-state index contributed by atoms with van der Waals surface area (Å²) in [5, 5.41) is 4.99. The van der Waals surface area contributed by atoms with Crippen LogP contribution in [0.1, 0.15) is 26.5 Å². The molecule has 0 aliphatic carbocycles. The molecule has 1 N–H and O–H groups in total. The van der Waals surface area contributed by atoms with Gasteiger partial charge in [-0.3, -0.25) is 4.79 Å². The van der Waals surface area contributed by atoms with Crippen molar-refractivity contribution in [3.05, 3.63) is 88.0 Å². The molecule has 0 atom stereocenters. The lowest BCUT2D eigenvalue weighted by Gasteiger charge is -2.07. The van der Waals surface area contributed by atoms with Crippen LogP contribution in [0.25, 0.3) is 5.65 Å². The van der Waals surface area contributed by atoms with E-state index in [9.17, 15) is 4.79 Å². The summed E-state index contributed by atoms with van der Waals surface area (Å²) in [5.74, 6) is 0.642. The van der Waals surface area contributed by atoms with Crippen molar-refractivity contribution < 1.29 is 9.53 Å². The summed E-state index contributed by atoms with van der Waals surface area (Å²) in [6, 6.07) is 15.3. The number of nitrogens with zero attached hydrogens (tertiary/aromatic N) is 2. The molecule has 0 saturated carbocycles. The van der Waals surface area contributed by atoms with Crippen molar-refractivity contribution in [2.75, 3.05) is 6.54 Å². The van der Waals surface area contributed by atoms with Gasteiger partial charge in [0, 0.05) is 29.4 Å². The number of carbonyl (C=O) groups is 1. The zero-order valence-corrected chi connectivity index (χ0v) is 16.4. The normalized spacial score (nSPS) is 10.9. The number of aromatic nitrogens is 2. The lowest BCUT2D eigenvalue weighted by molar-refractivity contribution is 0.0954. The number of hydrogen-bond acceptors (Lipinski definition) is 4. The minimum atomic E-state index is -0.0704. The van der Waals surface area contributed by atoms with E-state index >= 15 is 0 Å². The standard InChI is InChI=1S/C22H21N3O2S/c1-16-4-2-12-25-14-18(24-21(16)25)15-27-19-8-6-17(7-9-19)22(26)23-11-10-20-5-3-13-28-20/h2-9,12-14H,10-11,15H2,1H3,(H,23,26). The molecule has 0 aliphatic rings. The van der Waals surface area contributed by atoms with Crippen molar-refractivity contribution in [1.82, 2.24) is 14.7 Å². The van der Waals surface area contributed by atoms with E-state index in [0.29, 0.717) is 24.5 Å². The van der Waals surface area contributed by atoms with Gasteiger partial charge in [0.1, 0.15) is 18.0 Å². The highest BCUT2D eigenvalue weighted by molar-refractivity contribution is 7.09. The van der Waals surface area contributed by atoms with Crippen LogP contribution in [0.3, 0.4) is 0 Å². The fourth-order valence-corrected chi connectivity index (χ4v) is 3.70. The Bertz CT molecular complexity index is 1070. The molecule has 4 rings (SSSR count). The summed E-state index contributed by atoms with van der Waals surface area (Å²) in [6.07, 6.45) is 4.80. The molecule has 28 heavy (non-hydrogen) atoms. The zero-order valence-electron chi connectivity index (χ0n) is 15.6. The summed E-state index contributed by atoms with van der Waals surface area (Å²) in [7, 11) is 0. The van der Waals surface area contributed by atoms with Gasteiger partial charge in [0.25, 0.3) is 5.91 Å². The molecule has 1 amide bonds. The second-order valence-corrected chi connectivity index (χ2v) is 7.58. The van der Waals surface area contributed by atoms with E-state index in [-0.39, 0.29) is 5.91 Å². The van der Waals surface area contributed by atoms with Crippen LogP contribution in [0.2, 0.25) is 0 Å². The number of nitrogens with one attached hydrogen (secondary N) is 1. The van der Waals surface area contributed by atoms with Gasteiger partial charge in [-0.2, -0.15) is 0 Å². The number of ether oxygens (including phenoxy) is 1. The summed E-state index contributed by atoms with van der Waals surface area (Å²) >= 11 is 1.70. The van der Waals surface area contributed by atoms with Gasteiger partial charge in [-0.15, -0.1) is 11.3 Å². The Morgan fingerprint density at radius 3 is 2.79 bits per heavy atom. The van der Waals surface area contributed by atoms with Crippen LogP contribution in [-0.4, -0.2) is 21.8 Å². The lowest BCUT2D eigenvalue weighted by Crippen LogP contribution is -2.25. The van der Waals surface area contributed by atoms with Crippen LogP contribution in [0.5, 0.6) is 5.75 Å². The van der Waals surface area contributed by atoms with Crippen LogP contribution in [0, 0.1) is 6.92 Å². The lowest BCUT2D eigenvalue weighted by atomic mass is 10.2. The minimum absolute atomic E-state index is 0.0704. The Labute approximate surface area is 167 Å². The number of fused-ring (bicyclic) bond motifs is 1. The number of rotatable bonds is 7. The molecule has 0 bridgehead atoms. The topological polar surface area (TPSA) is 55.6 Å². The number of pyridine rings is 1. The maximum atomic E-state index is 12.2. The SMILES string of the molecule is Cc1cccn2cc(COc3ccc(C(=O)NCCc4cccs4)cc3)nc12. The van der Waals surface area contributed by atoms with Crippen LogP contribution in [-0.2, 0) is 13.0 Å². The molecule has 5 nitrogen and oxygen atoms in total. The predicted molar refractivity (Wildman–Crippen MR) is 111 cm³/mol. The first-order valence-corrected chi connectivity index (χ1v) is 10.0. The molecular formula is C22H21N3O2S. The molecule has 0 fully saturated rings. The van der Waals surface area contributed by atoms with Crippen molar-refractivity contribution >= 4 is 22.9 Å². The Hall–Kier alpha value is -3.12. The van der Waals surface area contributed by atoms with Crippen molar-refractivity contribution in [3.8, 4) is 5.75 Å². The molecular weight excluding hydrogens is 370 g/mol. The monoisotopic (exact) mass is 391 g/mol. The Morgan fingerprint density at radius 1 is 1.18 bits per heavy atom. The third-order valence-electron chi connectivity index (χ3n) is 4.47. The number of benzene rings is 1. The van der Waals surface area contributed by atoms with Crippen LogP contribution >= 0.6 is 11.3 Å². The largest absolute Gasteiger partial charge is 0.487 e. The van der Waals surface area contributed by atoms with Gasteiger partial charge in [-0.25, -0.2) is 4.98 Å². The van der Waals surface area contributed by atoms with Gasteiger partial charge in [-0.1, -0.05) is 12.1 Å². The van der Waals surface area contributed by atoms with E-state index < -0.39 is 0 Å². The molecule has 0 unspecified atom stereocenters. The molecule has 0 spiro atoms. The van der Waals surface area contributed by atoms with Crippen LogP contribution < -0.4 is 10.1 Å². The maximum Gasteiger partial charge on any atom is 0.251 e. The highest BCUT2D eigenvalue weighted by Gasteiger charge is 2.07. The van der Waals surface area contributed by atoms with Gasteiger partial charge < -0.3 is 14.5 Å².